The Labute approximate surface area is 124 Å². The number of hydrogen-bond acceptors (Lipinski definition) is 3. The second-order valence-electron chi connectivity index (χ2n) is 5.25. The highest BCUT2D eigenvalue weighted by Gasteiger charge is 2.14. The van der Waals surface area contributed by atoms with Crippen molar-refractivity contribution in [2.75, 3.05) is 6.54 Å². The lowest BCUT2D eigenvalue weighted by molar-refractivity contribution is 0.550. The van der Waals surface area contributed by atoms with E-state index in [1.807, 2.05) is 30.2 Å². The summed E-state index contributed by atoms with van der Waals surface area (Å²) in [7, 11) is 1.95. The second kappa shape index (κ2) is 6.06. The molecule has 1 unspecified atom stereocenters. The first-order valence-corrected chi connectivity index (χ1v) is 7.32. The molecule has 3 aromatic rings. The van der Waals surface area contributed by atoms with Crippen LogP contribution in [0, 0.1) is 0 Å². The van der Waals surface area contributed by atoms with Gasteiger partial charge in [0.2, 0.25) is 0 Å². The van der Waals surface area contributed by atoms with Crippen LogP contribution in [-0.2, 0) is 13.5 Å². The number of benzene rings is 1. The van der Waals surface area contributed by atoms with Gasteiger partial charge >= 0.3 is 0 Å². The zero-order valence-electron chi connectivity index (χ0n) is 12.5. The number of aryl methyl sites for hydroxylation is 1. The largest absolute Gasteiger partial charge is 0.310 e. The molecular weight excluding hydrogens is 260 g/mol. The molecular formula is C17H20N4. The summed E-state index contributed by atoms with van der Waals surface area (Å²) in [5.74, 6) is 0. The lowest BCUT2D eigenvalue weighted by atomic mass is 9.98. The van der Waals surface area contributed by atoms with Crippen molar-refractivity contribution in [3.05, 3.63) is 60.0 Å². The molecule has 0 aliphatic carbocycles. The summed E-state index contributed by atoms with van der Waals surface area (Å²) in [6.07, 6.45) is 6.85. The molecule has 1 aromatic carbocycles. The van der Waals surface area contributed by atoms with Crippen molar-refractivity contribution in [3.63, 3.8) is 0 Å². The number of fused-ring (bicyclic) bond motifs is 1. The van der Waals surface area contributed by atoms with E-state index < -0.39 is 0 Å². The van der Waals surface area contributed by atoms with Crippen LogP contribution in [0.3, 0.4) is 0 Å². The maximum Gasteiger partial charge on any atom is 0.0704 e. The van der Waals surface area contributed by atoms with Crippen molar-refractivity contribution in [1.82, 2.24) is 20.1 Å². The second-order valence-corrected chi connectivity index (χ2v) is 5.25. The van der Waals surface area contributed by atoms with Crippen LogP contribution < -0.4 is 5.32 Å². The molecule has 3 rings (SSSR count). The van der Waals surface area contributed by atoms with E-state index in [1.54, 1.807) is 0 Å². The summed E-state index contributed by atoms with van der Waals surface area (Å²) < 4.78 is 1.85. The standard InChI is InChI=1S/C17H20N4/c1-3-18-17(14-11-20-21(2)12-14)10-13-8-9-19-16-7-5-4-6-15(13)16/h4-9,11-12,17-18H,3,10H2,1-2H3. The van der Waals surface area contributed by atoms with Crippen LogP contribution >= 0.6 is 0 Å². The average molecular weight is 280 g/mol. The molecule has 0 saturated carbocycles. The molecule has 0 amide bonds. The molecule has 0 radical (unpaired) electrons. The van der Waals surface area contributed by atoms with E-state index in [4.69, 9.17) is 0 Å². The average Bonchev–Trinajstić information content (AvgIpc) is 2.94. The number of likely N-dealkylation sites (N-methyl/N-ethyl adjacent to an activating group) is 1. The molecule has 1 N–H and O–H groups in total. The fourth-order valence-corrected chi connectivity index (χ4v) is 2.73. The first-order valence-electron chi connectivity index (χ1n) is 7.32. The third kappa shape index (κ3) is 2.95. The Hall–Kier alpha value is -2.20. The lowest BCUT2D eigenvalue weighted by Crippen LogP contribution is -2.22. The van der Waals surface area contributed by atoms with Crippen LogP contribution in [0.1, 0.15) is 24.1 Å². The Balaban J connectivity index is 1.94. The van der Waals surface area contributed by atoms with Gasteiger partial charge in [-0.15, -0.1) is 0 Å². The summed E-state index contributed by atoms with van der Waals surface area (Å²) in [5.41, 5.74) is 3.59. The van der Waals surface area contributed by atoms with E-state index in [0.717, 1.165) is 18.5 Å². The fourth-order valence-electron chi connectivity index (χ4n) is 2.73. The highest BCUT2D eigenvalue weighted by molar-refractivity contribution is 5.81. The molecule has 2 heterocycles. The minimum absolute atomic E-state index is 0.273. The number of nitrogens with one attached hydrogen (secondary N) is 1. The van der Waals surface area contributed by atoms with Crippen molar-refractivity contribution in [2.45, 2.75) is 19.4 Å². The molecule has 4 nitrogen and oxygen atoms in total. The van der Waals surface area contributed by atoms with Gasteiger partial charge in [0.05, 0.1) is 11.7 Å². The van der Waals surface area contributed by atoms with Crippen LogP contribution in [-0.4, -0.2) is 21.3 Å². The van der Waals surface area contributed by atoms with Crippen molar-refractivity contribution >= 4 is 10.9 Å². The lowest BCUT2D eigenvalue weighted by Gasteiger charge is -2.17. The van der Waals surface area contributed by atoms with Crippen LogP contribution in [0.2, 0.25) is 0 Å². The minimum atomic E-state index is 0.273. The van der Waals surface area contributed by atoms with Gasteiger partial charge < -0.3 is 5.32 Å². The van der Waals surface area contributed by atoms with E-state index in [0.29, 0.717) is 0 Å². The van der Waals surface area contributed by atoms with Crippen LogP contribution in [0.4, 0.5) is 0 Å². The van der Waals surface area contributed by atoms with Gasteiger partial charge in [-0.3, -0.25) is 9.67 Å². The summed E-state index contributed by atoms with van der Waals surface area (Å²) in [6.45, 7) is 3.07. The topological polar surface area (TPSA) is 42.7 Å². The normalized spacial score (nSPS) is 12.7. The first kappa shape index (κ1) is 13.8. The number of aromatic nitrogens is 3. The number of pyridine rings is 1. The van der Waals surface area contributed by atoms with Gasteiger partial charge in [0.15, 0.2) is 0 Å². The molecule has 0 aliphatic rings. The molecule has 0 bridgehead atoms. The van der Waals surface area contributed by atoms with Crippen molar-refractivity contribution in [3.8, 4) is 0 Å². The van der Waals surface area contributed by atoms with Crippen LogP contribution in [0.5, 0.6) is 0 Å². The van der Waals surface area contributed by atoms with Crippen LogP contribution in [0.15, 0.2) is 48.9 Å². The highest BCUT2D eigenvalue weighted by atomic mass is 15.2. The Kier molecular flexibility index (Phi) is 3.97. The number of hydrogen-bond donors (Lipinski definition) is 1. The highest BCUT2D eigenvalue weighted by Crippen LogP contribution is 2.23. The van der Waals surface area contributed by atoms with Gasteiger partial charge in [-0.05, 0) is 30.7 Å². The van der Waals surface area contributed by atoms with E-state index in [9.17, 15) is 0 Å². The molecule has 0 fully saturated rings. The molecule has 0 saturated heterocycles. The van der Waals surface area contributed by atoms with E-state index in [-0.39, 0.29) is 6.04 Å². The maximum atomic E-state index is 4.44. The number of para-hydroxylation sites is 1. The predicted octanol–water partition coefficient (Wildman–Crippen LogP) is 2.86. The molecule has 108 valence electrons. The molecule has 4 heteroatoms. The molecule has 0 aliphatic heterocycles. The van der Waals surface area contributed by atoms with Gasteiger partial charge in [-0.25, -0.2) is 0 Å². The Morgan fingerprint density at radius 1 is 1.24 bits per heavy atom. The van der Waals surface area contributed by atoms with Crippen molar-refractivity contribution in [1.29, 1.82) is 0 Å². The van der Waals surface area contributed by atoms with Gasteiger partial charge in [-0.1, -0.05) is 25.1 Å². The number of rotatable bonds is 5. The smallest absolute Gasteiger partial charge is 0.0704 e. The first-order chi connectivity index (χ1) is 10.3. The summed E-state index contributed by atoms with van der Waals surface area (Å²) in [4.78, 5) is 4.44. The van der Waals surface area contributed by atoms with Gasteiger partial charge in [0.1, 0.15) is 0 Å². The zero-order chi connectivity index (χ0) is 14.7. The Bertz CT molecular complexity index is 727. The minimum Gasteiger partial charge on any atom is -0.310 e. The summed E-state index contributed by atoms with van der Waals surface area (Å²) in [6, 6.07) is 10.7. The quantitative estimate of drug-likeness (QED) is 0.781. The van der Waals surface area contributed by atoms with Crippen molar-refractivity contribution < 1.29 is 0 Å². The SMILES string of the molecule is CCNC(Cc1ccnc2ccccc12)c1cnn(C)c1. The van der Waals surface area contributed by atoms with Gasteiger partial charge in [-0.2, -0.15) is 5.10 Å². The summed E-state index contributed by atoms with van der Waals surface area (Å²) >= 11 is 0. The van der Waals surface area contributed by atoms with E-state index in [1.165, 1.54) is 16.5 Å². The monoisotopic (exact) mass is 280 g/mol. The Morgan fingerprint density at radius 3 is 2.86 bits per heavy atom. The third-order valence-corrected chi connectivity index (χ3v) is 3.74. The van der Waals surface area contributed by atoms with Crippen molar-refractivity contribution in [2.24, 2.45) is 7.05 Å². The maximum absolute atomic E-state index is 4.44. The molecule has 0 spiro atoms. The Morgan fingerprint density at radius 2 is 2.10 bits per heavy atom. The third-order valence-electron chi connectivity index (χ3n) is 3.74. The molecule has 21 heavy (non-hydrogen) atoms. The number of nitrogens with zero attached hydrogens (tertiary/aromatic N) is 3. The predicted molar refractivity (Wildman–Crippen MR) is 85.1 cm³/mol. The van der Waals surface area contributed by atoms with E-state index in [2.05, 4.69) is 52.8 Å². The molecule has 2 aromatic heterocycles. The van der Waals surface area contributed by atoms with E-state index >= 15 is 0 Å². The van der Waals surface area contributed by atoms with Gasteiger partial charge in [0, 0.05) is 36.4 Å². The molecule has 1 atom stereocenters. The summed E-state index contributed by atoms with van der Waals surface area (Å²) in [5, 5.41) is 9.07. The zero-order valence-corrected chi connectivity index (χ0v) is 12.5. The fraction of sp³-hybridized carbons (Fsp3) is 0.294. The van der Waals surface area contributed by atoms with Gasteiger partial charge in [0.25, 0.3) is 0 Å². The van der Waals surface area contributed by atoms with Crippen LogP contribution in [0.25, 0.3) is 10.9 Å².